The van der Waals surface area contributed by atoms with Crippen LogP contribution in [0.15, 0.2) is 8.68 Å². The number of carbonyl (C=O) groups excluding carboxylic acids is 1. The van der Waals surface area contributed by atoms with Gasteiger partial charge in [-0.2, -0.15) is 0 Å². The van der Waals surface area contributed by atoms with E-state index in [0.717, 1.165) is 27.3 Å². The summed E-state index contributed by atoms with van der Waals surface area (Å²) in [7, 11) is -2.98. The lowest BCUT2D eigenvalue weighted by Crippen LogP contribution is -2.39. The number of hydrogen-bond donors (Lipinski definition) is 1. The molecule has 0 spiro atoms. The molecule has 1 fully saturated rings. The fourth-order valence-corrected chi connectivity index (χ4v) is 7.04. The molecule has 1 aliphatic rings. The summed E-state index contributed by atoms with van der Waals surface area (Å²) < 4.78 is 24.5. The Morgan fingerprint density at radius 1 is 1.43 bits per heavy atom. The fourth-order valence-electron chi connectivity index (χ4n) is 2.04. The van der Waals surface area contributed by atoms with Crippen molar-refractivity contribution in [2.24, 2.45) is 0 Å². The first-order valence-corrected chi connectivity index (χ1v) is 12.0. The van der Waals surface area contributed by atoms with Gasteiger partial charge < -0.3 is 5.32 Å². The van der Waals surface area contributed by atoms with Crippen molar-refractivity contribution in [1.29, 1.82) is 0 Å². The first-order valence-electron chi connectivity index (χ1n) is 7.53. The van der Waals surface area contributed by atoms with Crippen LogP contribution in [0.2, 0.25) is 0 Å². The Morgan fingerprint density at radius 2 is 2.17 bits per heavy atom. The maximum Gasteiger partial charge on any atom is 0.233 e. The summed E-state index contributed by atoms with van der Waals surface area (Å²) in [6.45, 7) is 3.95. The average molecular weight is 396 g/mol. The van der Waals surface area contributed by atoms with Gasteiger partial charge in [0.05, 0.1) is 16.8 Å². The zero-order chi connectivity index (χ0) is 16.9. The van der Waals surface area contributed by atoms with Gasteiger partial charge in [0.15, 0.2) is 18.5 Å². The molecule has 1 N–H and O–H groups in total. The van der Waals surface area contributed by atoms with Crippen molar-refractivity contribution in [2.45, 2.75) is 53.1 Å². The number of sulfone groups is 1. The molecule has 6 nitrogen and oxygen atoms in total. The van der Waals surface area contributed by atoms with Gasteiger partial charge in [-0.05, 0) is 19.8 Å². The van der Waals surface area contributed by atoms with E-state index in [4.69, 9.17) is 0 Å². The van der Waals surface area contributed by atoms with Crippen LogP contribution in [-0.4, -0.2) is 53.1 Å². The second kappa shape index (κ2) is 8.68. The van der Waals surface area contributed by atoms with Crippen molar-refractivity contribution < 1.29 is 13.2 Å². The maximum absolute atomic E-state index is 12.2. The molecule has 2 heterocycles. The monoisotopic (exact) mass is 395 g/mol. The number of thioether (sulfide) groups is 2. The summed E-state index contributed by atoms with van der Waals surface area (Å²) in [6, 6.07) is -0.259. The van der Waals surface area contributed by atoms with Gasteiger partial charge in [0.25, 0.3) is 0 Å². The van der Waals surface area contributed by atoms with Gasteiger partial charge in [0, 0.05) is 11.8 Å². The lowest BCUT2D eigenvalue weighted by atomic mass is 10.2. The highest BCUT2D eigenvalue weighted by molar-refractivity contribution is 8.03. The van der Waals surface area contributed by atoms with Crippen molar-refractivity contribution in [3.8, 4) is 0 Å². The van der Waals surface area contributed by atoms with E-state index in [1.54, 1.807) is 18.7 Å². The van der Waals surface area contributed by atoms with Crippen molar-refractivity contribution in [2.75, 3.05) is 17.3 Å². The molecule has 0 radical (unpaired) electrons. The third-order valence-corrected chi connectivity index (χ3v) is 8.43. The molecular formula is C13H21N3O3S4. The van der Waals surface area contributed by atoms with Gasteiger partial charge in [-0.1, -0.05) is 48.2 Å². The van der Waals surface area contributed by atoms with Gasteiger partial charge in [-0.25, -0.2) is 8.42 Å². The molecule has 2 atom stereocenters. The van der Waals surface area contributed by atoms with E-state index >= 15 is 0 Å². The molecule has 130 valence electrons. The Morgan fingerprint density at radius 3 is 2.83 bits per heavy atom. The van der Waals surface area contributed by atoms with E-state index in [9.17, 15) is 13.2 Å². The van der Waals surface area contributed by atoms with E-state index in [1.807, 2.05) is 0 Å². The van der Waals surface area contributed by atoms with Crippen LogP contribution in [0.5, 0.6) is 0 Å². The number of aromatic nitrogens is 2. The Balaban J connectivity index is 1.79. The quantitative estimate of drug-likeness (QED) is 0.533. The summed E-state index contributed by atoms with van der Waals surface area (Å²) in [4.78, 5) is 12.2. The average Bonchev–Trinajstić information content (AvgIpc) is 3.05. The van der Waals surface area contributed by atoms with Crippen LogP contribution in [0.4, 0.5) is 0 Å². The molecule has 1 aromatic rings. The van der Waals surface area contributed by atoms with Gasteiger partial charge >= 0.3 is 0 Å². The third kappa shape index (κ3) is 6.24. The highest BCUT2D eigenvalue weighted by Gasteiger charge is 2.30. The van der Waals surface area contributed by atoms with Crippen molar-refractivity contribution in [3.05, 3.63) is 0 Å². The highest BCUT2D eigenvalue weighted by atomic mass is 32.2. The van der Waals surface area contributed by atoms with Crippen LogP contribution < -0.4 is 5.32 Å². The van der Waals surface area contributed by atoms with E-state index in [2.05, 4.69) is 22.4 Å². The molecule has 0 aromatic carbocycles. The van der Waals surface area contributed by atoms with Crippen LogP contribution in [0.3, 0.4) is 0 Å². The Hall–Kier alpha value is -0.320. The standard InChI is InChI=1S/C13H21N3O3S4/c1-3-4-6-20-12-15-16-13(22-12)21-9(2)11(17)14-10-5-7-23(18,19)8-10/h9-10H,3-8H2,1-2H3,(H,14,17)/t9-,10+/m1/s1. The van der Waals surface area contributed by atoms with Crippen LogP contribution in [-0.2, 0) is 14.6 Å². The van der Waals surface area contributed by atoms with Crippen molar-refractivity contribution >= 4 is 50.6 Å². The Labute approximate surface area is 149 Å². The molecule has 0 saturated carbocycles. The van der Waals surface area contributed by atoms with E-state index in [0.29, 0.717) is 6.42 Å². The summed E-state index contributed by atoms with van der Waals surface area (Å²) in [5.41, 5.74) is 0. The number of nitrogens with one attached hydrogen (secondary N) is 1. The summed E-state index contributed by atoms with van der Waals surface area (Å²) in [5, 5.41) is 10.7. The fraction of sp³-hybridized carbons (Fsp3) is 0.769. The van der Waals surface area contributed by atoms with Gasteiger partial charge in [0.1, 0.15) is 0 Å². The third-order valence-electron chi connectivity index (χ3n) is 3.34. The Bertz CT molecular complexity index is 632. The predicted octanol–water partition coefficient (Wildman–Crippen LogP) is 2.21. The van der Waals surface area contributed by atoms with Crippen LogP contribution in [0.1, 0.15) is 33.1 Å². The van der Waals surface area contributed by atoms with E-state index in [1.165, 1.54) is 23.1 Å². The SMILES string of the molecule is CCCCSc1nnc(S[C@H](C)C(=O)N[C@H]2CCS(=O)(=O)C2)s1. The molecule has 10 heteroatoms. The summed E-state index contributed by atoms with van der Waals surface area (Å²) in [6.07, 6.45) is 2.81. The molecule has 0 bridgehead atoms. The first-order chi connectivity index (χ1) is 10.9. The molecule has 1 aliphatic heterocycles. The summed E-state index contributed by atoms with van der Waals surface area (Å²) >= 11 is 4.56. The number of carbonyl (C=O) groups is 1. The largest absolute Gasteiger partial charge is 0.351 e. The first kappa shape index (κ1) is 19.0. The number of amides is 1. The molecule has 1 saturated heterocycles. The zero-order valence-corrected chi connectivity index (χ0v) is 16.4. The lowest BCUT2D eigenvalue weighted by Gasteiger charge is -2.14. The lowest BCUT2D eigenvalue weighted by molar-refractivity contribution is -0.120. The molecule has 1 amide bonds. The molecule has 2 rings (SSSR count). The smallest absolute Gasteiger partial charge is 0.233 e. The van der Waals surface area contributed by atoms with Crippen molar-refractivity contribution in [1.82, 2.24) is 15.5 Å². The minimum absolute atomic E-state index is 0.0488. The van der Waals surface area contributed by atoms with Gasteiger partial charge in [-0.15, -0.1) is 10.2 Å². The number of nitrogens with zero attached hydrogens (tertiary/aromatic N) is 2. The summed E-state index contributed by atoms with van der Waals surface area (Å²) in [5.74, 6) is 1.09. The van der Waals surface area contributed by atoms with E-state index < -0.39 is 9.84 Å². The highest BCUT2D eigenvalue weighted by Crippen LogP contribution is 2.31. The van der Waals surface area contributed by atoms with Crippen molar-refractivity contribution in [3.63, 3.8) is 0 Å². The molecule has 0 aliphatic carbocycles. The second-order valence-corrected chi connectivity index (χ2v) is 11.5. The van der Waals surface area contributed by atoms with Gasteiger partial charge in [-0.3, -0.25) is 4.79 Å². The number of hydrogen-bond acceptors (Lipinski definition) is 8. The van der Waals surface area contributed by atoms with Crippen LogP contribution in [0.25, 0.3) is 0 Å². The Kier molecular flexibility index (Phi) is 7.18. The maximum atomic E-state index is 12.2. The molecular weight excluding hydrogens is 374 g/mol. The van der Waals surface area contributed by atoms with E-state index in [-0.39, 0.29) is 28.7 Å². The number of unbranched alkanes of at least 4 members (excludes halogenated alkanes) is 1. The zero-order valence-electron chi connectivity index (χ0n) is 13.1. The molecule has 1 aromatic heterocycles. The molecule has 0 unspecified atom stereocenters. The second-order valence-electron chi connectivity index (χ2n) is 5.40. The predicted molar refractivity (Wildman–Crippen MR) is 96.1 cm³/mol. The topological polar surface area (TPSA) is 89.0 Å². The molecule has 23 heavy (non-hydrogen) atoms. The normalized spacial score (nSPS) is 21.2. The van der Waals surface area contributed by atoms with Crippen LogP contribution in [0, 0.1) is 0 Å². The number of rotatable bonds is 8. The van der Waals surface area contributed by atoms with Crippen LogP contribution >= 0.6 is 34.9 Å². The minimum Gasteiger partial charge on any atom is -0.351 e. The van der Waals surface area contributed by atoms with Gasteiger partial charge in [0.2, 0.25) is 5.91 Å². The minimum atomic E-state index is -2.98.